The van der Waals surface area contributed by atoms with Crippen LogP contribution in [0.15, 0.2) is 36.9 Å². The first-order chi connectivity index (χ1) is 10.2. The maximum Gasteiger partial charge on any atom is 0.412 e. The van der Waals surface area contributed by atoms with Crippen LogP contribution in [0.2, 0.25) is 0 Å². The van der Waals surface area contributed by atoms with Gasteiger partial charge in [0.05, 0.1) is 6.61 Å². The summed E-state index contributed by atoms with van der Waals surface area (Å²) in [4.78, 5) is 11.3. The summed E-state index contributed by atoms with van der Waals surface area (Å²) in [5.41, 5.74) is 0. The Hall–Kier alpha value is -2.05. The normalized spacial score (nSPS) is 10.2. The van der Waals surface area contributed by atoms with Crippen LogP contribution < -0.4 is 14.8 Å². The topological polar surface area (TPSA) is 66.0 Å². The van der Waals surface area contributed by atoms with Gasteiger partial charge in [-0.2, -0.15) is 0 Å². The van der Waals surface area contributed by atoms with Crippen LogP contribution >= 0.6 is 0 Å². The second-order valence-corrected chi connectivity index (χ2v) is 4.07. The zero-order chi connectivity index (χ0) is 15.5. The van der Waals surface area contributed by atoms with Crippen LogP contribution in [0, 0.1) is 0 Å². The molecule has 116 valence electrons. The molecule has 1 rings (SSSR count). The molecule has 0 radical (unpaired) electrons. The van der Waals surface area contributed by atoms with Crippen molar-refractivity contribution in [3.8, 4) is 11.5 Å². The molecule has 0 bridgehead atoms. The van der Waals surface area contributed by atoms with Crippen molar-refractivity contribution in [3.63, 3.8) is 0 Å². The van der Waals surface area contributed by atoms with E-state index in [1.807, 2.05) is 0 Å². The van der Waals surface area contributed by atoms with Crippen LogP contribution in [-0.2, 0) is 9.47 Å². The number of hydrogen-bond donors (Lipinski definition) is 1. The molecule has 0 saturated heterocycles. The molecule has 0 aliphatic rings. The fraction of sp³-hybridized carbons (Fsp3) is 0.400. The maximum atomic E-state index is 11.3. The number of methoxy groups -OCH3 is 2. The highest BCUT2D eigenvalue weighted by Crippen LogP contribution is 2.18. The van der Waals surface area contributed by atoms with Gasteiger partial charge in [0.25, 0.3) is 0 Å². The third-order valence-corrected chi connectivity index (χ3v) is 2.57. The second-order valence-electron chi connectivity index (χ2n) is 4.07. The van der Waals surface area contributed by atoms with E-state index in [2.05, 4.69) is 11.9 Å². The lowest BCUT2D eigenvalue weighted by Gasteiger charge is -2.13. The monoisotopic (exact) mass is 295 g/mol. The number of amides is 1. The average Bonchev–Trinajstić information content (AvgIpc) is 2.51. The molecule has 1 aromatic rings. The van der Waals surface area contributed by atoms with Crippen LogP contribution in [0.4, 0.5) is 4.79 Å². The number of carbonyl (C=O) groups excluding carboxylic acids is 1. The van der Waals surface area contributed by atoms with Crippen molar-refractivity contribution in [1.82, 2.24) is 5.32 Å². The van der Waals surface area contributed by atoms with Gasteiger partial charge in [-0.1, -0.05) is 6.08 Å². The fourth-order valence-corrected chi connectivity index (χ4v) is 1.51. The molecule has 0 unspecified atom stereocenters. The standard InChI is InChI=1S/C15H21NO5/c1-4-10-16-15(17)21-13-7-5-12(6-8-13)20-11-9-14(18-2)19-3/h4-8,14H,1,9-11H2,2-3H3,(H,16,17). The summed E-state index contributed by atoms with van der Waals surface area (Å²) < 4.78 is 20.7. The molecule has 0 aliphatic carbocycles. The number of benzene rings is 1. The Labute approximate surface area is 124 Å². The van der Waals surface area contributed by atoms with E-state index in [1.54, 1.807) is 44.6 Å². The Morgan fingerprint density at radius 2 is 1.86 bits per heavy atom. The predicted molar refractivity (Wildman–Crippen MR) is 78.6 cm³/mol. The van der Waals surface area contributed by atoms with E-state index in [0.717, 1.165) is 0 Å². The van der Waals surface area contributed by atoms with E-state index < -0.39 is 6.09 Å². The lowest BCUT2D eigenvalue weighted by Crippen LogP contribution is -2.26. The zero-order valence-electron chi connectivity index (χ0n) is 12.3. The highest BCUT2D eigenvalue weighted by molar-refractivity contribution is 5.70. The lowest BCUT2D eigenvalue weighted by atomic mass is 10.3. The van der Waals surface area contributed by atoms with E-state index in [4.69, 9.17) is 18.9 Å². The molecular formula is C15H21NO5. The number of hydrogen-bond acceptors (Lipinski definition) is 5. The molecule has 0 atom stereocenters. The van der Waals surface area contributed by atoms with Gasteiger partial charge >= 0.3 is 6.09 Å². The fourth-order valence-electron chi connectivity index (χ4n) is 1.51. The van der Waals surface area contributed by atoms with Crippen molar-refractivity contribution in [2.75, 3.05) is 27.4 Å². The highest BCUT2D eigenvalue weighted by atomic mass is 16.7. The Bertz CT molecular complexity index is 428. The van der Waals surface area contributed by atoms with Crippen molar-refractivity contribution >= 4 is 6.09 Å². The maximum absolute atomic E-state index is 11.3. The van der Waals surface area contributed by atoms with E-state index >= 15 is 0 Å². The molecule has 6 heteroatoms. The summed E-state index contributed by atoms with van der Waals surface area (Å²) in [6, 6.07) is 6.77. The minimum absolute atomic E-state index is 0.277. The first kappa shape index (κ1) is 17.0. The SMILES string of the molecule is C=CCNC(=O)Oc1ccc(OCCC(OC)OC)cc1. The molecule has 0 saturated carbocycles. The van der Waals surface area contributed by atoms with Gasteiger partial charge in [0.15, 0.2) is 6.29 Å². The van der Waals surface area contributed by atoms with Gasteiger partial charge in [-0.3, -0.25) is 0 Å². The molecule has 6 nitrogen and oxygen atoms in total. The predicted octanol–water partition coefficient (Wildman–Crippen LogP) is 2.35. The quantitative estimate of drug-likeness (QED) is 0.559. The number of carbonyl (C=O) groups is 1. The van der Waals surface area contributed by atoms with Crippen LogP contribution in [-0.4, -0.2) is 39.8 Å². The molecule has 1 N–H and O–H groups in total. The van der Waals surface area contributed by atoms with Crippen molar-refractivity contribution in [2.45, 2.75) is 12.7 Å². The summed E-state index contributed by atoms with van der Waals surface area (Å²) >= 11 is 0. The Morgan fingerprint density at radius 3 is 2.43 bits per heavy atom. The first-order valence-corrected chi connectivity index (χ1v) is 6.54. The smallest absolute Gasteiger partial charge is 0.412 e. The van der Waals surface area contributed by atoms with Crippen molar-refractivity contribution in [1.29, 1.82) is 0 Å². The van der Waals surface area contributed by atoms with Gasteiger partial charge in [-0.25, -0.2) is 4.79 Å². The molecule has 0 aromatic heterocycles. The van der Waals surface area contributed by atoms with Gasteiger partial charge in [0.2, 0.25) is 0 Å². The first-order valence-electron chi connectivity index (χ1n) is 6.54. The second kappa shape index (κ2) is 9.79. The molecule has 21 heavy (non-hydrogen) atoms. The average molecular weight is 295 g/mol. The zero-order valence-corrected chi connectivity index (χ0v) is 12.3. The third-order valence-electron chi connectivity index (χ3n) is 2.57. The molecular weight excluding hydrogens is 274 g/mol. The number of nitrogens with one attached hydrogen (secondary N) is 1. The van der Waals surface area contributed by atoms with Crippen molar-refractivity contribution < 1.29 is 23.7 Å². The van der Waals surface area contributed by atoms with Crippen LogP contribution in [0.5, 0.6) is 11.5 Å². The lowest BCUT2D eigenvalue weighted by molar-refractivity contribution is -0.110. The van der Waals surface area contributed by atoms with Crippen molar-refractivity contribution in [3.05, 3.63) is 36.9 Å². The summed E-state index contributed by atoms with van der Waals surface area (Å²) in [6.07, 6.45) is 1.40. The van der Waals surface area contributed by atoms with Gasteiger partial charge in [0.1, 0.15) is 11.5 Å². The molecule has 0 spiro atoms. The third kappa shape index (κ3) is 6.78. The Balaban J connectivity index is 2.36. The molecule has 0 aliphatic heterocycles. The Morgan fingerprint density at radius 1 is 1.24 bits per heavy atom. The molecule has 0 fully saturated rings. The largest absolute Gasteiger partial charge is 0.493 e. The molecule has 0 heterocycles. The van der Waals surface area contributed by atoms with E-state index in [1.165, 1.54) is 0 Å². The van der Waals surface area contributed by atoms with Crippen LogP contribution in [0.1, 0.15) is 6.42 Å². The summed E-state index contributed by atoms with van der Waals surface area (Å²) in [7, 11) is 3.16. The number of ether oxygens (including phenoxy) is 4. The summed E-state index contributed by atoms with van der Waals surface area (Å²) in [5, 5.41) is 2.52. The van der Waals surface area contributed by atoms with E-state index in [0.29, 0.717) is 31.1 Å². The highest BCUT2D eigenvalue weighted by Gasteiger charge is 2.06. The van der Waals surface area contributed by atoms with Crippen molar-refractivity contribution in [2.24, 2.45) is 0 Å². The van der Waals surface area contributed by atoms with Gasteiger partial charge < -0.3 is 24.3 Å². The van der Waals surface area contributed by atoms with E-state index in [9.17, 15) is 4.79 Å². The minimum atomic E-state index is -0.522. The summed E-state index contributed by atoms with van der Waals surface area (Å²) in [6.45, 7) is 4.33. The summed E-state index contributed by atoms with van der Waals surface area (Å²) in [5.74, 6) is 1.12. The van der Waals surface area contributed by atoms with Crippen LogP contribution in [0.3, 0.4) is 0 Å². The van der Waals surface area contributed by atoms with Gasteiger partial charge in [0, 0.05) is 27.2 Å². The van der Waals surface area contributed by atoms with E-state index in [-0.39, 0.29) is 6.29 Å². The number of rotatable bonds is 9. The Kier molecular flexibility index (Phi) is 7.93. The minimum Gasteiger partial charge on any atom is -0.493 e. The molecule has 1 aromatic carbocycles. The molecule has 1 amide bonds. The van der Waals surface area contributed by atoms with Gasteiger partial charge in [-0.05, 0) is 24.3 Å². The van der Waals surface area contributed by atoms with Gasteiger partial charge in [-0.15, -0.1) is 6.58 Å². The van der Waals surface area contributed by atoms with Crippen LogP contribution in [0.25, 0.3) is 0 Å².